The number of ether oxygens (including phenoxy) is 13. The van der Waals surface area contributed by atoms with Crippen molar-refractivity contribution in [1.82, 2.24) is 10.6 Å². The maximum atomic E-state index is 13.5. The molecule has 6 heterocycles. The number of alkyl carbamates (subject to hydrolysis) is 2. The summed E-state index contributed by atoms with van der Waals surface area (Å²) in [6, 6.07) is -1.77. The predicted molar refractivity (Wildman–Crippen MR) is 247 cm³/mol. The second-order valence-electron chi connectivity index (χ2n) is 17.8. The fourth-order valence-electron chi connectivity index (χ4n) is 8.20. The van der Waals surface area contributed by atoms with Gasteiger partial charge in [0.05, 0.1) is 24.5 Å². The van der Waals surface area contributed by atoms with Crippen LogP contribution in [-0.2, 0) is 110 Å². The highest BCUT2D eigenvalue weighted by molar-refractivity contribution is 7.81. The predicted octanol–water partition coefficient (Wildman–Crippen LogP) is -0.590. The molecule has 78 heavy (non-hydrogen) atoms. The molecule has 2 amide bonds. The van der Waals surface area contributed by atoms with Gasteiger partial charge in [-0.1, -0.05) is 69.6 Å². The number of carbonyl (C=O) groups excluding carboxylic acids is 6. The van der Waals surface area contributed by atoms with E-state index in [-0.39, 0.29) is 18.0 Å². The molecule has 0 aliphatic carbocycles. The first-order valence-corrected chi connectivity index (χ1v) is 27.0. The summed E-state index contributed by atoms with van der Waals surface area (Å²) in [4.78, 5) is 58.8. The van der Waals surface area contributed by atoms with E-state index in [0.29, 0.717) is 0 Å². The second kappa shape index (κ2) is 27.9. The fourth-order valence-corrected chi connectivity index (χ4v) is 9.13. The molecule has 0 bridgehead atoms. The molecule has 40 heteroatoms. The zero-order valence-electron chi connectivity index (χ0n) is 40.8. The van der Waals surface area contributed by atoms with Crippen LogP contribution in [0.4, 0.5) is 9.59 Å². The van der Waals surface area contributed by atoms with E-state index in [1.54, 1.807) is 13.8 Å². The lowest BCUT2D eigenvalue weighted by Gasteiger charge is -2.49. The van der Waals surface area contributed by atoms with Gasteiger partial charge < -0.3 is 86.8 Å². The first-order valence-electron chi connectivity index (χ1n) is 22.1. The van der Waals surface area contributed by atoms with Crippen LogP contribution in [0.3, 0.4) is 0 Å². The number of alkyl halides is 6. The van der Waals surface area contributed by atoms with Crippen molar-refractivity contribution in [3.63, 3.8) is 0 Å². The SMILES string of the molecule is CC1O[C@@H](O[C@@H]2C(NC(=O)OCC(Cl)(Cl)Cl)[C@H](O[C@@H]3C(C)O[C@@H](O[C@@H]4C(NC(=O)OCC(Cl)(Cl)Cl)=COC(COS(=O)(=O)O)[C@@H]4O)C4OC(C)(C)O[C@H]43)OC(COS(=O)(=O)[O-])[C@@H]2O)C2OC(C)(C)O[C@H]2[C@@H]1O.O=C=O.O=C=O. The van der Waals surface area contributed by atoms with Crippen molar-refractivity contribution < 1.29 is 140 Å². The Morgan fingerprint density at radius 3 is 1.68 bits per heavy atom. The van der Waals surface area contributed by atoms with Crippen molar-refractivity contribution in [1.29, 1.82) is 0 Å². The zero-order valence-corrected chi connectivity index (χ0v) is 47.0. The van der Waals surface area contributed by atoms with Gasteiger partial charge in [0.2, 0.25) is 18.0 Å². The van der Waals surface area contributed by atoms with Gasteiger partial charge in [0.1, 0.15) is 99.3 Å². The molecular formula is C38H51Cl6N2O30S2-. The van der Waals surface area contributed by atoms with E-state index < -0.39 is 189 Å². The lowest BCUT2D eigenvalue weighted by atomic mass is 9.94. The monoisotopic (exact) mass is 1290 g/mol. The number of aliphatic hydroxyl groups is 3. The minimum atomic E-state index is -5.45. The average molecular weight is 1290 g/mol. The lowest BCUT2D eigenvalue weighted by molar-refractivity contribution is -0.353. The van der Waals surface area contributed by atoms with Gasteiger partial charge in [-0.3, -0.25) is 14.1 Å². The molecule has 7 unspecified atom stereocenters. The Morgan fingerprint density at radius 2 is 1.14 bits per heavy atom. The summed E-state index contributed by atoms with van der Waals surface area (Å²) >= 11 is 34.6. The van der Waals surface area contributed by atoms with Crippen LogP contribution in [0.25, 0.3) is 0 Å². The normalized spacial score (nSPS) is 36.1. The van der Waals surface area contributed by atoms with E-state index in [2.05, 4.69) is 19.0 Å². The van der Waals surface area contributed by atoms with Gasteiger partial charge in [-0.15, -0.1) is 0 Å². The molecule has 0 aromatic rings. The van der Waals surface area contributed by atoms with Crippen LogP contribution in [0.15, 0.2) is 12.0 Å². The molecule has 32 nitrogen and oxygen atoms in total. The van der Waals surface area contributed by atoms with Gasteiger partial charge in [-0.25, -0.2) is 22.2 Å². The maximum Gasteiger partial charge on any atom is 0.411 e. The summed E-state index contributed by atoms with van der Waals surface area (Å²) in [5, 5.41) is 39.0. The van der Waals surface area contributed by atoms with Crippen molar-refractivity contribution in [3.8, 4) is 0 Å². The Balaban J connectivity index is 0.00000209. The van der Waals surface area contributed by atoms with Gasteiger partial charge in [-0.2, -0.15) is 27.6 Å². The van der Waals surface area contributed by atoms with Crippen LogP contribution in [-0.4, -0.2) is 222 Å². The molecule has 448 valence electrons. The van der Waals surface area contributed by atoms with Crippen molar-refractivity contribution in [3.05, 3.63) is 12.0 Å². The van der Waals surface area contributed by atoms with Crippen LogP contribution < -0.4 is 10.6 Å². The third-order valence-corrected chi connectivity index (χ3v) is 12.6. The van der Waals surface area contributed by atoms with Gasteiger partial charge in [0.25, 0.3) is 0 Å². The van der Waals surface area contributed by atoms with Crippen LogP contribution in [0.1, 0.15) is 41.5 Å². The van der Waals surface area contributed by atoms with E-state index in [1.807, 2.05) is 0 Å². The number of fused-ring (bicyclic) bond motifs is 2. The summed E-state index contributed by atoms with van der Waals surface area (Å²) in [6.45, 7) is 5.25. The third kappa shape index (κ3) is 20.3. The van der Waals surface area contributed by atoms with E-state index >= 15 is 0 Å². The molecule has 6 rings (SSSR count). The van der Waals surface area contributed by atoms with Crippen molar-refractivity contribution >= 4 is 115 Å². The number of nitrogens with one attached hydrogen (secondary N) is 2. The average Bonchev–Trinajstić information content (AvgIpc) is 3.81. The first-order chi connectivity index (χ1) is 35.8. The topological polar surface area (TPSA) is 437 Å². The van der Waals surface area contributed by atoms with Gasteiger partial charge in [-0.05, 0) is 41.5 Å². The summed E-state index contributed by atoms with van der Waals surface area (Å²) < 4.78 is 149. The number of halogens is 6. The molecule has 0 spiro atoms. The molecule has 0 aromatic heterocycles. The Hall–Kier alpha value is -2.20. The van der Waals surface area contributed by atoms with Crippen LogP contribution in [0.2, 0.25) is 0 Å². The molecular weight excluding hydrogens is 1240 g/mol. The molecule has 0 saturated carbocycles. The largest absolute Gasteiger partial charge is 0.726 e. The Morgan fingerprint density at radius 1 is 0.667 bits per heavy atom. The van der Waals surface area contributed by atoms with E-state index in [0.717, 1.165) is 6.26 Å². The third-order valence-electron chi connectivity index (χ3n) is 11.1. The Bertz CT molecular complexity index is 2360. The zero-order chi connectivity index (χ0) is 59.1. The van der Waals surface area contributed by atoms with Crippen molar-refractivity contribution in [2.45, 2.75) is 171 Å². The van der Waals surface area contributed by atoms with Gasteiger partial charge >= 0.3 is 34.9 Å². The van der Waals surface area contributed by atoms with Crippen LogP contribution in [0, 0.1) is 0 Å². The number of amides is 2. The fraction of sp³-hybridized carbons (Fsp3) is 0.842. The highest BCUT2D eigenvalue weighted by Crippen LogP contribution is 2.43. The minimum absolute atomic E-state index is 0.250. The van der Waals surface area contributed by atoms with E-state index in [9.17, 15) is 50.8 Å². The second-order valence-corrected chi connectivity index (χ2v) is 25.0. The highest BCUT2D eigenvalue weighted by Gasteiger charge is 2.61. The summed E-state index contributed by atoms with van der Waals surface area (Å²) in [5.41, 5.74) is -0.372. The molecule has 6 aliphatic heterocycles. The lowest BCUT2D eigenvalue weighted by Crippen LogP contribution is -2.69. The number of aliphatic hydroxyl groups excluding tert-OH is 3. The standard InChI is InChI=1S/C36H52Cl6N2O26S2.2CO2/c1-12-18(45)24-26(69-33(3,4)67-24)29(61-12)66-23-17(44-32(49)58-11-36(40,41)42)28(63-16(20(23)47)9-60-72(53,54)55)64-21-13(2)62-30(27-25(21)68-34(5,6)70-27)65-22-14(43-31(48)57-10-35(37,38)39)7-56-15(19(22)46)8-59-71(50,51)52;2*2-1-3/h7,12-13,15-30,45-47H,8-11H2,1-6H3,(H,43,48)(H,44,49)(H,50,51,52)(H,53,54,55);;/p-1/t12?,13?,15?,16?,17?,18-,19+,20+,21-,22-,23-,24+,25+,26?,27?,28+,29+,30+;;/m1../s1. The highest BCUT2D eigenvalue weighted by atomic mass is 35.6. The van der Waals surface area contributed by atoms with Crippen LogP contribution in [0.5, 0.6) is 0 Å². The molecule has 5 saturated heterocycles. The number of hydrogen-bond acceptors (Lipinski definition) is 29. The number of hydrogen-bond donors (Lipinski definition) is 6. The number of carbonyl (C=O) groups is 2. The molecule has 0 aromatic carbocycles. The minimum Gasteiger partial charge on any atom is -0.726 e. The van der Waals surface area contributed by atoms with Crippen molar-refractivity contribution in [2.24, 2.45) is 0 Å². The van der Waals surface area contributed by atoms with Crippen LogP contribution >= 0.6 is 69.6 Å². The molecule has 0 radical (unpaired) electrons. The summed E-state index contributed by atoms with van der Waals surface area (Å²) in [7, 11) is -10.5. The number of rotatable bonds is 16. The van der Waals surface area contributed by atoms with Gasteiger partial charge in [0.15, 0.2) is 36.5 Å². The molecule has 5 fully saturated rings. The van der Waals surface area contributed by atoms with E-state index in [1.165, 1.54) is 27.7 Å². The maximum absolute atomic E-state index is 13.5. The Kier molecular flexibility index (Phi) is 24.4. The summed E-state index contributed by atoms with van der Waals surface area (Å²) in [5.74, 6) is -2.81. The smallest absolute Gasteiger partial charge is 0.411 e. The molecule has 6 aliphatic rings. The quantitative estimate of drug-likeness (QED) is 0.0639. The van der Waals surface area contributed by atoms with E-state index in [4.69, 9.17) is 150 Å². The first kappa shape index (κ1) is 68.3. The Labute approximate surface area is 472 Å². The van der Waals surface area contributed by atoms with Crippen molar-refractivity contribution in [2.75, 3.05) is 26.4 Å². The molecule has 6 N–H and O–H groups in total. The summed E-state index contributed by atoms with van der Waals surface area (Å²) in [6.07, 6.45) is -27.2. The molecule has 18 atom stereocenters. The van der Waals surface area contributed by atoms with Gasteiger partial charge in [0, 0.05) is 0 Å².